The molecule has 0 aliphatic carbocycles. The predicted molar refractivity (Wildman–Crippen MR) is 42.1 cm³/mol. The third-order valence-corrected chi connectivity index (χ3v) is 1.57. The highest BCUT2D eigenvalue weighted by atomic mass is 16.4. The van der Waals surface area contributed by atoms with Gasteiger partial charge >= 0.3 is 5.97 Å². The highest BCUT2D eigenvalue weighted by Gasteiger charge is 2.18. The molecule has 0 saturated heterocycles. The Morgan fingerprint density at radius 2 is 2.36 bits per heavy atom. The molecule has 3 heteroatoms. The molecule has 0 bridgehead atoms. The molecule has 0 amide bonds. The number of hydrogen-bond acceptors (Lipinski definition) is 1. The van der Waals surface area contributed by atoms with E-state index in [0.29, 0.717) is 6.42 Å². The van der Waals surface area contributed by atoms with E-state index < -0.39 is 11.9 Å². The smallest absolute Gasteiger partial charge is 0.314 e. The summed E-state index contributed by atoms with van der Waals surface area (Å²) in [4.78, 5) is 13.5. The van der Waals surface area contributed by atoms with Crippen LogP contribution in [0.15, 0.2) is 0 Å². The average Bonchev–Trinajstić information content (AvgIpc) is 1.97. The summed E-state index contributed by atoms with van der Waals surface area (Å²) in [6, 6.07) is 0. The molecule has 0 saturated carbocycles. The van der Waals surface area contributed by atoms with Gasteiger partial charge in [0, 0.05) is 0 Å². The van der Waals surface area contributed by atoms with Crippen LogP contribution in [0.5, 0.6) is 0 Å². The van der Waals surface area contributed by atoms with Gasteiger partial charge in [0.2, 0.25) is 6.54 Å². The van der Waals surface area contributed by atoms with Gasteiger partial charge in [-0.25, -0.2) is 6.57 Å². The van der Waals surface area contributed by atoms with Gasteiger partial charge in [-0.15, -0.1) is 0 Å². The van der Waals surface area contributed by atoms with Crippen molar-refractivity contribution in [2.45, 2.75) is 26.2 Å². The van der Waals surface area contributed by atoms with E-state index in [0.717, 1.165) is 12.8 Å². The van der Waals surface area contributed by atoms with Crippen LogP contribution in [0, 0.1) is 12.5 Å². The molecule has 0 spiro atoms. The molecule has 0 aliphatic heterocycles. The van der Waals surface area contributed by atoms with Gasteiger partial charge < -0.3 is 9.95 Å². The molecule has 0 radical (unpaired) electrons. The Kier molecular flexibility index (Phi) is 5.18. The van der Waals surface area contributed by atoms with E-state index in [1.165, 1.54) is 0 Å². The molecule has 1 N–H and O–H groups in total. The first-order valence-electron chi connectivity index (χ1n) is 3.78. The van der Waals surface area contributed by atoms with Gasteiger partial charge in [-0.05, 0) is 6.42 Å². The maximum atomic E-state index is 10.5. The minimum atomic E-state index is -0.838. The normalized spacial score (nSPS) is 12.0. The summed E-state index contributed by atoms with van der Waals surface area (Å²) >= 11 is 0. The molecule has 1 atom stereocenters. The van der Waals surface area contributed by atoms with E-state index in [1.54, 1.807) is 0 Å². The third kappa shape index (κ3) is 4.38. The molecule has 1 unspecified atom stereocenters. The number of carbonyl (C=O) groups is 1. The second-order valence-corrected chi connectivity index (χ2v) is 2.52. The highest BCUT2D eigenvalue weighted by Crippen LogP contribution is 2.08. The van der Waals surface area contributed by atoms with E-state index >= 15 is 0 Å². The van der Waals surface area contributed by atoms with Gasteiger partial charge in [-0.3, -0.25) is 4.79 Å². The van der Waals surface area contributed by atoms with Crippen molar-refractivity contribution in [2.75, 3.05) is 6.54 Å². The van der Waals surface area contributed by atoms with E-state index in [9.17, 15) is 4.79 Å². The first-order valence-corrected chi connectivity index (χ1v) is 3.78. The second-order valence-electron chi connectivity index (χ2n) is 2.52. The van der Waals surface area contributed by atoms with Gasteiger partial charge in [-0.1, -0.05) is 19.8 Å². The summed E-state index contributed by atoms with van der Waals surface area (Å²) in [7, 11) is 0. The van der Waals surface area contributed by atoms with Gasteiger partial charge in [-0.2, -0.15) is 0 Å². The Balaban J connectivity index is 3.72. The van der Waals surface area contributed by atoms with Crippen molar-refractivity contribution in [1.82, 2.24) is 0 Å². The molecule has 0 aromatic rings. The van der Waals surface area contributed by atoms with Crippen molar-refractivity contribution < 1.29 is 9.90 Å². The number of hydrogen-bond donors (Lipinski definition) is 1. The quantitative estimate of drug-likeness (QED) is 0.615. The number of rotatable bonds is 5. The fourth-order valence-corrected chi connectivity index (χ4v) is 0.854. The first-order chi connectivity index (χ1) is 5.22. The summed E-state index contributed by atoms with van der Waals surface area (Å²) in [6.07, 6.45) is 2.52. The zero-order chi connectivity index (χ0) is 8.69. The largest absolute Gasteiger partial charge is 0.481 e. The SMILES string of the molecule is [C-]#[N+]CC(CCCC)C(=O)O. The van der Waals surface area contributed by atoms with Crippen LogP contribution in [0.4, 0.5) is 0 Å². The van der Waals surface area contributed by atoms with Crippen molar-refractivity contribution in [2.24, 2.45) is 5.92 Å². The fourth-order valence-electron chi connectivity index (χ4n) is 0.854. The van der Waals surface area contributed by atoms with Crippen LogP contribution in [-0.4, -0.2) is 17.6 Å². The summed E-state index contributed by atoms with van der Waals surface area (Å²) in [5.74, 6) is -1.29. The van der Waals surface area contributed by atoms with Crippen LogP contribution < -0.4 is 0 Å². The van der Waals surface area contributed by atoms with Gasteiger partial charge in [0.15, 0.2) is 0 Å². The van der Waals surface area contributed by atoms with Crippen LogP contribution in [0.3, 0.4) is 0 Å². The Bertz CT molecular complexity index is 160. The van der Waals surface area contributed by atoms with Crippen molar-refractivity contribution in [3.8, 4) is 0 Å². The predicted octanol–water partition coefficient (Wildman–Crippen LogP) is 1.80. The molecule has 0 fully saturated rings. The molecular weight excluding hydrogens is 142 g/mol. The minimum absolute atomic E-state index is 0.120. The van der Waals surface area contributed by atoms with Crippen LogP contribution in [0.25, 0.3) is 4.85 Å². The number of carboxylic acids is 1. The molecule has 3 nitrogen and oxygen atoms in total. The lowest BCUT2D eigenvalue weighted by Gasteiger charge is -2.03. The molecule has 11 heavy (non-hydrogen) atoms. The zero-order valence-electron chi connectivity index (χ0n) is 6.71. The molecular formula is C8H13NO2. The molecule has 0 heterocycles. The monoisotopic (exact) mass is 155 g/mol. The molecule has 0 aromatic carbocycles. The van der Waals surface area contributed by atoms with Crippen LogP contribution in [0.1, 0.15) is 26.2 Å². The Hall–Kier alpha value is -1.04. The van der Waals surface area contributed by atoms with Crippen LogP contribution in [-0.2, 0) is 4.79 Å². The number of aliphatic carboxylic acids is 1. The lowest BCUT2D eigenvalue weighted by Crippen LogP contribution is -2.15. The lowest BCUT2D eigenvalue weighted by molar-refractivity contribution is -0.141. The van der Waals surface area contributed by atoms with Crippen molar-refractivity contribution in [3.05, 3.63) is 11.4 Å². The summed E-state index contributed by atoms with van der Waals surface area (Å²) in [6.45, 7) is 8.65. The lowest BCUT2D eigenvalue weighted by atomic mass is 10.0. The molecule has 0 aromatic heterocycles. The second kappa shape index (κ2) is 5.72. The Morgan fingerprint density at radius 3 is 2.73 bits per heavy atom. The third-order valence-electron chi connectivity index (χ3n) is 1.57. The number of unbranched alkanes of at least 4 members (excludes halogenated alkanes) is 1. The van der Waals surface area contributed by atoms with Crippen LogP contribution in [0.2, 0.25) is 0 Å². The molecule has 0 aliphatic rings. The molecule has 0 rings (SSSR count). The highest BCUT2D eigenvalue weighted by molar-refractivity contribution is 5.70. The van der Waals surface area contributed by atoms with E-state index in [4.69, 9.17) is 11.7 Å². The van der Waals surface area contributed by atoms with Crippen molar-refractivity contribution >= 4 is 5.97 Å². The standard InChI is InChI=1S/C8H13NO2/c1-3-4-5-7(6-9-2)8(10)11/h7H,3-6H2,1H3,(H,10,11). The van der Waals surface area contributed by atoms with Crippen molar-refractivity contribution in [1.29, 1.82) is 0 Å². The minimum Gasteiger partial charge on any atom is -0.481 e. The summed E-state index contributed by atoms with van der Waals surface area (Å²) in [5, 5.41) is 8.59. The summed E-state index contributed by atoms with van der Waals surface area (Å²) in [5.41, 5.74) is 0. The van der Waals surface area contributed by atoms with Crippen LogP contribution >= 0.6 is 0 Å². The zero-order valence-corrected chi connectivity index (χ0v) is 6.71. The fraction of sp³-hybridized carbons (Fsp3) is 0.750. The maximum absolute atomic E-state index is 10.5. The van der Waals surface area contributed by atoms with Crippen molar-refractivity contribution in [3.63, 3.8) is 0 Å². The van der Waals surface area contributed by atoms with Gasteiger partial charge in [0.05, 0.1) is 0 Å². The number of carboxylic acid groups (broad SMARTS) is 1. The molecule has 62 valence electrons. The summed E-state index contributed by atoms with van der Waals surface area (Å²) < 4.78 is 0. The topological polar surface area (TPSA) is 41.7 Å². The van der Waals surface area contributed by atoms with E-state index in [1.807, 2.05) is 6.92 Å². The van der Waals surface area contributed by atoms with E-state index in [2.05, 4.69) is 4.85 Å². The van der Waals surface area contributed by atoms with Gasteiger partial charge in [0.1, 0.15) is 5.92 Å². The Morgan fingerprint density at radius 1 is 1.73 bits per heavy atom. The Labute approximate surface area is 66.9 Å². The number of nitrogens with zero attached hydrogens (tertiary/aromatic N) is 1. The average molecular weight is 155 g/mol. The van der Waals surface area contributed by atoms with E-state index in [-0.39, 0.29) is 6.54 Å². The first kappa shape index (κ1) is 9.96. The maximum Gasteiger partial charge on any atom is 0.314 e. The van der Waals surface area contributed by atoms with Gasteiger partial charge in [0.25, 0.3) is 0 Å².